The van der Waals surface area contributed by atoms with Crippen molar-refractivity contribution in [1.82, 2.24) is 0 Å². The zero-order chi connectivity index (χ0) is 50.9. The van der Waals surface area contributed by atoms with Crippen LogP contribution < -0.4 is 5.73 Å². The molecule has 1 heterocycles. The summed E-state index contributed by atoms with van der Waals surface area (Å²) >= 11 is 0. The highest BCUT2D eigenvalue weighted by Crippen LogP contribution is 2.31. The van der Waals surface area contributed by atoms with E-state index in [1.54, 1.807) is 0 Å². The molecule has 2 N–H and O–H groups in total. The highest BCUT2D eigenvalue weighted by atomic mass is 16.7. The fraction of sp³-hybridized carbons (Fsp3) is 0.677. The van der Waals surface area contributed by atoms with Gasteiger partial charge in [-0.2, -0.15) is 0 Å². The molecule has 6 atom stereocenters. The van der Waals surface area contributed by atoms with Gasteiger partial charge in [0.15, 0.2) is 12.4 Å². The summed E-state index contributed by atoms with van der Waals surface area (Å²) in [5.74, 6) is -0.636. The number of rotatable bonds is 44. The minimum absolute atomic E-state index is 0.0928. The minimum atomic E-state index is -0.983. The number of esters is 2. The van der Waals surface area contributed by atoms with Gasteiger partial charge in [0.25, 0.3) is 0 Å². The van der Waals surface area contributed by atoms with Crippen molar-refractivity contribution in [1.29, 1.82) is 0 Å². The molecule has 0 bridgehead atoms. The lowest BCUT2D eigenvalue weighted by atomic mass is 9.97. The van der Waals surface area contributed by atoms with Crippen LogP contribution in [0, 0.1) is 0 Å². The first kappa shape index (κ1) is 60.9. The lowest BCUT2D eigenvalue weighted by Gasteiger charge is -2.46. The molecule has 0 amide bonds. The second-order valence-corrected chi connectivity index (χ2v) is 20.2. The van der Waals surface area contributed by atoms with Gasteiger partial charge in [0.2, 0.25) is 0 Å². The van der Waals surface area contributed by atoms with Gasteiger partial charge >= 0.3 is 11.9 Å². The van der Waals surface area contributed by atoms with Crippen LogP contribution in [-0.4, -0.2) is 68.5 Å². The van der Waals surface area contributed by atoms with Crippen molar-refractivity contribution in [3.63, 3.8) is 0 Å². The van der Waals surface area contributed by atoms with Crippen LogP contribution in [-0.2, 0) is 62.6 Å². The van der Waals surface area contributed by atoms with Crippen LogP contribution in [0.5, 0.6) is 0 Å². The van der Waals surface area contributed by atoms with Crippen LogP contribution >= 0.6 is 0 Å². The lowest BCUT2D eigenvalue weighted by molar-refractivity contribution is -0.324. The smallest absolute Gasteiger partial charge is 0.306 e. The quantitative estimate of drug-likeness (QED) is 0.0432. The molecule has 10 nitrogen and oxygen atoms in total. The summed E-state index contributed by atoms with van der Waals surface area (Å²) in [4.78, 5) is 26.6. The van der Waals surface area contributed by atoms with Gasteiger partial charge in [-0.15, -0.1) is 0 Å². The Morgan fingerprint density at radius 2 is 0.806 bits per heavy atom. The Bertz CT molecular complexity index is 1730. The summed E-state index contributed by atoms with van der Waals surface area (Å²) < 4.78 is 45.3. The molecule has 72 heavy (non-hydrogen) atoms. The fourth-order valence-corrected chi connectivity index (χ4v) is 9.47. The highest BCUT2D eigenvalue weighted by molar-refractivity contribution is 5.70. The second kappa shape index (κ2) is 40.7. The number of nitrogens with two attached hydrogens (primary N) is 1. The molecular formula is C62H97NO9. The van der Waals surface area contributed by atoms with E-state index in [-0.39, 0.29) is 44.7 Å². The number of benzene rings is 3. The minimum Gasteiger partial charge on any atom is -0.462 e. The predicted octanol–water partition coefficient (Wildman–Crippen LogP) is 14.9. The third kappa shape index (κ3) is 27.6. The van der Waals surface area contributed by atoms with E-state index in [0.29, 0.717) is 19.6 Å². The average molecular weight is 1000 g/mol. The monoisotopic (exact) mass is 1000 g/mol. The average Bonchev–Trinajstić information content (AvgIpc) is 3.41. The molecule has 1 aliphatic rings. The fourth-order valence-electron chi connectivity index (χ4n) is 9.47. The number of hydrogen-bond acceptors (Lipinski definition) is 10. The van der Waals surface area contributed by atoms with Gasteiger partial charge in [-0.05, 0) is 29.5 Å². The molecular weight excluding hydrogens is 903 g/mol. The number of hydrogen-bond donors (Lipinski definition) is 1. The molecule has 404 valence electrons. The molecule has 3 aromatic carbocycles. The van der Waals surface area contributed by atoms with Gasteiger partial charge in [0.05, 0.1) is 26.4 Å². The molecule has 0 unspecified atom stereocenters. The molecule has 1 fully saturated rings. The Balaban J connectivity index is 1.37. The highest BCUT2D eigenvalue weighted by Gasteiger charge is 2.49. The summed E-state index contributed by atoms with van der Waals surface area (Å²) in [5, 5.41) is 0. The van der Waals surface area contributed by atoms with E-state index in [1.807, 2.05) is 91.0 Å². The van der Waals surface area contributed by atoms with Gasteiger partial charge < -0.3 is 38.9 Å². The number of carbonyl (C=O) groups excluding carboxylic acids is 2. The van der Waals surface area contributed by atoms with Gasteiger partial charge in [0.1, 0.15) is 31.0 Å². The van der Waals surface area contributed by atoms with Crippen molar-refractivity contribution >= 4 is 11.9 Å². The molecule has 1 aliphatic heterocycles. The van der Waals surface area contributed by atoms with Crippen LogP contribution in [0.1, 0.15) is 210 Å². The van der Waals surface area contributed by atoms with Crippen LogP contribution in [0.25, 0.3) is 0 Å². The Labute approximate surface area is 436 Å². The van der Waals surface area contributed by atoms with Crippen molar-refractivity contribution in [2.45, 2.75) is 250 Å². The number of carbonyl (C=O) groups is 2. The van der Waals surface area contributed by atoms with Crippen LogP contribution in [0.4, 0.5) is 0 Å². The van der Waals surface area contributed by atoms with E-state index in [4.69, 9.17) is 38.9 Å². The van der Waals surface area contributed by atoms with Crippen molar-refractivity contribution in [3.8, 4) is 0 Å². The van der Waals surface area contributed by atoms with E-state index in [0.717, 1.165) is 55.2 Å². The maximum Gasteiger partial charge on any atom is 0.306 e. The van der Waals surface area contributed by atoms with E-state index in [2.05, 4.69) is 13.8 Å². The SMILES string of the molecule is CCCCCCCCCCCCCCCC(=O)OC[C@H](CO[C@H]1O[C@H](CN)[C@@H](OCc2ccccc2)[C@H](OCc2ccccc2)[C@H]1OCc1ccccc1)OC(=O)CCCCCCCCCCCCCCC. The van der Waals surface area contributed by atoms with E-state index in [1.165, 1.54) is 128 Å². The summed E-state index contributed by atoms with van der Waals surface area (Å²) in [6.07, 6.45) is 28.0. The van der Waals surface area contributed by atoms with Crippen LogP contribution in [0.3, 0.4) is 0 Å². The molecule has 10 heteroatoms. The Kier molecular flexibility index (Phi) is 34.4. The van der Waals surface area contributed by atoms with E-state index in [9.17, 15) is 9.59 Å². The molecule has 3 aromatic rings. The van der Waals surface area contributed by atoms with Crippen molar-refractivity contribution < 1.29 is 42.7 Å². The van der Waals surface area contributed by atoms with Crippen molar-refractivity contribution in [2.75, 3.05) is 19.8 Å². The Hall–Kier alpha value is -3.64. The summed E-state index contributed by atoms with van der Waals surface area (Å²) in [7, 11) is 0. The first-order chi connectivity index (χ1) is 35.5. The third-order valence-corrected chi connectivity index (χ3v) is 13.8. The van der Waals surface area contributed by atoms with Crippen LogP contribution in [0.2, 0.25) is 0 Å². The molecule has 0 aromatic heterocycles. The lowest BCUT2D eigenvalue weighted by Crippen LogP contribution is -2.62. The van der Waals surface area contributed by atoms with Gasteiger partial charge in [0, 0.05) is 19.4 Å². The van der Waals surface area contributed by atoms with E-state index >= 15 is 0 Å². The zero-order valence-electron chi connectivity index (χ0n) is 44.9. The zero-order valence-corrected chi connectivity index (χ0v) is 44.9. The van der Waals surface area contributed by atoms with Crippen molar-refractivity contribution in [3.05, 3.63) is 108 Å². The molecule has 0 radical (unpaired) electrons. The molecule has 0 aliphatic carbocycles. The molecule has 0 spiro atoms. The standard InChI is InChI=1S/C62H97NO9/c1-3-5-7-9-11-13-15-17-19-21-23-25-36-44-57(64)66-50-55(71-58(65)45-37-26-24-22-20-18-16-14-12-10-8-6-4-2)51-70-62-61(69-49-54-42-34-29-35-43-54)60(68-48-53-40-32-28-33-41-53)59(56(46-63)72-62)67-47-52-38-30-27-31-39-52/h27-35,38-43,55-56,59-62H,3-26,36-37,44-51,63H2,1-2H3/t55-,56-,59-,60+,61-,62+/m1/s1. The molecule has 0 saturated carbocycles. The number of ether oxygens (including phenoxy) is 7. The first-order valence-corrected chi connectivity index (χ1v) is 28.8. The topological polar surface area (TPSA) is 125 Å². The Morgan fingerprint density at radius 3 is 1.21 bits per heavy atom. The van der Waals surface area contributed by atoms with Gasteiger partial charge in [-0.3, -0.25) is 9.59 Å². The molecule has 1 saturated heterocycles. The van der Waals surface area contributed by atoms with Gasteiger partial charge in [-0.1, -0.05) is 259 Å². The first-order valence-electron chi connectivity index (χ1n) is 28.8. The summed E-state index contributed by atoms with van der Waals surface area (Å²) in [6.45, 7) is 5.30. The predicted molar refractivity (Wildman–Crippen MR) is 290 cm³/mol. The normalized spacial score (nSPS) is 18.2. The number of unbranched alkanes of at least 4 members (excludes halogenated alkanes) is 24. The maximum absolute atomic E-state index is 13.5. The molecule has 4 rings (SSSR count). The Morgan fingerprint density at radius 1 is 0.444 bits per heavy atom. The second-order valence-electron chi connectivity index (χ2n) is 20.2. The largest absolute Gasteiger partial charge is 0.462 e. The third-order valence-electron chi connectivity index (χ3n) is 13.8. The summed E-state index contributed by atoms with van der Waals surface area (Å²) in [6, 6.07) is 29.9. The van der Waals surface area contributed by atoms with Gasteiger partial charge in [-0.25, -0.2) is 0 Å². The summed E-state index contributed by atoms with van der Waals surface area (Å²) in [5.41, 5.74) is 9.42. The van der Waals surface area contributed by atoms with Crippen LogP contribution in [0.15, 0.2) is 91.0 Å². The van der Waals surface area contributed by atoms with E-state index < -0.39 is 36.8 Å². The maximum atomic E-state index is 13.5. The van der Waals surface area contributed by atoms with Crippen molar-refractivity contribution in [2.24, 2.45) is 5.73 Å².